The molecule has 3 aliphatic heterocycles. The fourth-order valence-electron chi connectivity index (χ4n) is 8.70. The maximum absolute atomic E-state index is 5.00. The van der Waals surface area contributed by atoms with Crippen LogP contribution in [0.25, 0.3) is 31.0 Å². The molecule has 0 saturated carbocycles. The van der Waals surface area contributed by atoms with E-state index in [1.807, 2.05) is 0 Å². The van der Waals surface area contributed by atoms with Gasteiger partial charge >= 0.3 is 338 Å². The zero-order chi connectivity index (χ0) is 36.3. The van der Waals surface area contributed by atoms with Crippen LogP contribution in [0.15, 0.2) is 130 Å². The molecule has 0 bridgehead atoms. The molecule has 11 rings (SSSR count). The Bertz CT molecular complexity index is 2650. The molecule has 0 radical (unpaired) electrons. The molecule has 0 atom stereocenters. The van der Waals surface area contributed by atoms with Crippen molar-refractivity contribution in [3.8, 4) is 20.0 Å². The van der Waals surface area contributed by atoms with Gasteiger partial charge in [0.15, 0.2) is 0 Å². The average Bonchev–Trinajstić information content (AvgIpc) is 4.03. The Hall–Kier alpha value is -4.23. The van der Waals surface area contributed by atoms with Gasteiger partial charge in [0.05, 0.1) is 0 Å². The van der Waals surface area contributed by atoms with Crippen molar-refractivity contribution in [2.45, 2.75) is 26.2 Å². The van der Waals surface area contributed by atoms with Crippen LogP contribution in [-0.2, 0) is 11.4 Å². The zero-order valence-corrected chi connectivity index (χ0v) is 36.9. The van der Waals surface area contributed by atoms with Crippen molar-refractivity contribution in [2.24, 2.45) is 8.73 Å². The van der Waals surface area contributed by atoms with E-state index in [9.17, 15) is 0 Å². The van der Waals surface area contributed by atoms with Gasteiger partial charge in [0.2, 0.25) is 0 Å². The van der Waals surface area contributed by atoms with Crippen molar-refractivity contribution < 1.29 is 0 Å². The average molecular weight is 899 g/mol. The Balaban J connectivity index is 1.04. The van der Waals surface area contributed by atoms with E-state index in [0.717, 1.165) is 33.5 Å². The van der Waals surface area contributed by atoms with Crippen LogP contribution in [0.5, 0.6) is 0 Å². The summed E-state index contributed by atoms with van der Waals surface area (Å²) in [5.74, 6) is 0. The number of para-hydroxylation sites is 4. The number of hydrogen-bond donors (Lipinski definition) is 0. The number of nitrogens with zero attached hydrogens (tertiary/aromatic N) is 6. The van der Waals surface area contributed by atoms with Crippen LogP contribution in [0.3, 0.4) is 0 Å². The van der Waals surface area contributed by atoms with Crippen molar-refractivity contribution in [2.75, 3.05) is 9.80 Å². The number of anilines is 6. The van der Waals surface area contributed by atoms with Gasteiger partial charge in [0.25, 0.3) is 0 Å². The van der Waals surface area contributed by atoms with Gasteiger partial charge in [-0.3, -0.25) is 0 Å². The molecule has 0 unspecified atom stereocenters. The summed E-state index contributed by atoms with van der Waals surface area (Å²) < 4.78 is 25.2. The van der Waals surface area contributed by atoms with Gasteiger partial charge in [0.1, 0.15) is 0 Å². The van der Waals surface area contributed by atoms with Crippen LogP contribution in [0.1, 0.15) is 0 Å². The topological polar surface area (TPSA) is 57.0 Å². The molecule has 54 heavy (non-hydrogen) atoms. The first-order valence-electron chi connectivity index (χ1n) is 17.9. The van der Waals surface area contributed by atoms with Crippen LogP contribution >= 0.6 is 11.7 Å². The van der Waals surface area contributed by atoms with E-state index in [2.05, 4.69) is 157 Å². The molecule has 5 aromatic carbocycles. The Morgan fingerprint density at radius 3 is 1.19 bits per heavy atom. The molecule has 262 valence electrons. The summed E-state index contributed by atoms with van der Waals surface area (Å²) in [4.78, 5) is 5.04. The van der Waals surface area contributed by atoms with Crippen LogP contribution in [0, 0.1) is 0 Å². The second-order valence-electron chi connectivity index (χ2n) is 14.9. The molecule has 8 aromatic rings. The summed E-state index contributed by atoms with van der Waals surface area (Å²) in [5.41, 5.74) is 11.2. The Morgan fingerprint density at radius 2 is 0.815 bits per heavy atom. The predicted molar refractivity (Wildman–Crippen MR) is 237 cm³/mol. The summed E-state index contributed by atoms with van der Waals surface area (Å²) in [7, 11) is -3.72. The molecule has 0 aliphatic carbocycles. The SMILES string of the molecule is C[Si]1(C)c2ccccc2N(c2ccc(-c3c4c(c(-c5ccc(N6c7ccccc7[Si](C)(C)c7ccccc76)[se]5)c5nsnc35)N=S=N4)[se]2)c2ccccc21. The summed E-state index contributed by atoms with van der Waals surface area (Å²) in [6.45, 7) is 9.91. The molecular formula is C42H32N6S2Se2Si2. The third kappa shape index (κ3) is 4.66. The van der Waals surface area contributed by atoms with E-state index in [0.29, 0.717) is 0 Å². The van der Waals surface area contributed by atoms with E-state index in [-0.39, 0.29) is 29.0 Å². The summed E-state index contributed by atoms with van der Waals surface area (Å²) >= 11 is 2.61. The normalized spacial score (nSPS) is 15.7. The third-order valence-electron chi connectivity index (χ3n) is 11.3. The molecule has 0 fully saturated rings. The molecule has 6 nitrogen and oxygen atoms in total. The number of hydrogen-bond acceptors (Lipinski definition) is 7. The molecule has 6 heterocycles. The molecule has 3 aromatic heterocycles. The summed E-state index contributed by atoms with van der Waals surface area (Å²) in [5, 5.41) is 5.93. The first kappa shape index (κ1) is 33.1. The number of rotatable bonds is 4. The fourth-order valence-corrected chi connectivity index (χ4v) is 20.3. The van der Waals surface area contributed by atoms with Gasteiger partial charge in [-0.15, -0.1) is 0 Å². The summed E-state index contributed by atoms with van der Waals surface area (Å²) in [6, 6.07) is 45.4. The van der Waals surface area contributed by atoms with E-state index >= 15 is 0 Å². The van der Waals surface area contributed by atoms with E-state index < -0.39 is 16.1 Å². The third-order valence-corrected chi connectivity index (χ3v) is 24.0. The predicted octanol–water partition coefficient (Wildman–Crippen LogP) is 9.08. The van der Waals surface area contributed by atoms with Crippen molar-refractivity contribution >= 4 is 143 Å². The molecule has 0 N–H and O–H groups in total. The second-order valence-corrected chi connectivity index (χ2v) is 29.1. The molecule has 3 aliphatic rings. The quantitative estimate of drug-likeness (QED) is 0.166. The first-order chi connectivity index (χ1) is 26.3. The van der Waals surface area contributed by atoms with Crippen molar-refractivity contribution in [1.82, 2.24) is 8.75 Å². The van der Waals surface area contributed by atoms with Crippen LogP contribution in [0.2, 0.25) is 26.2 Å². The van der Waals surface area contributed by atoms with E-state index in [1.54, 1.807) is 0 Å². The fraction of sp³-hybridized carbons (Fsp3) is 0.0952. The number of aromatic nitrogens is 2. The Kier molecular flexibility index (Phi) is 7.45. The van der Waals surface area contributed by atoms with E-state index in [1.165, 1.54) is 84.6 Å². The van der Waals surface area contributed by atoms with E-state index in [4.69, 9.17) is 17.5 Å². The molecule has 0 spiro atoms. The number of fused-ring (bicyclic) bond motifs is 6. The minimum atomic E-state index is -1.86. The van der Waals surface area contributed by atoms with Gasteiger partial charge in [-0.05, 0) is 0 Å². The Labute approximate surface area is 335 Å². The maximum atomic E-state index is 5.00. The second kappa shape index (κ2) is 12.1. The minimum absolute atomic E-state index is 0.00922. The van der Waals surface area contributed by atoms with Gasteiger partial charge in [-0.2, -0.15) is 0 Å². The summed E-state index contributed by atoms with van der Waals surface area (Å²) in [6.07, 6.45) is 0. The Morgan fingerprint density at radius 1 is 0.463 bits per heavy atom. The monoisotopic (exact) mass is 900 g/mol. The van der Waals surface area contributed by atoms with Crippen LogP contribution in [-0.4, -0.2) is 53.9 Å². The molecule has 12 heteroatoms. The van der Waals surface area contributed by atoms with Crippen molar-refractivity contribution in [3.05, 3.63) is 121 Å². The molecular weight excluding hydrogens is 867 g/mol. The molecule has 0 saturated heterocycles. The van der Waals surface area contributed by atoms with Crippen molar-refractivity contribution in [1.29, 1.82) is 0 Å². The standard InChI is InChI=1S/C42H32N6S2Se2Si2/c1-53(2)31-17-9-5-13-25(31)47(26-14-6-10-18-32(26)53)35-23-21-29(51-35)37-39-41(45-49-43-39)38(42-40(37)44-50-46-42)30-22-24-36(52-30)48-27-15-7-11-19-33(27)54(3,4)34-20-12-8-16-28(34)48/h5-24H,1-4H3. The van der Waals surface area contributed by atoms with Gasteiger partial charge in [0, 0.05) is 0 Å². The number of benzene rings is 5. The molecule has 0 amide bonds. The van der Waals surface area contributed by atoms with Crippen LogP contribution < -0.4 is 30.5 Å². The zero-order valence-electron chi connectivity index (χ0n) is 29.9. The van der Waals surface area contributed by atoms with Gasteiger partial charge in [-0.25, -0.2) is 0 Å². The van der Waals surface area contributed by atoms with Gasteiger partial charge < -0.3 is 0 Å². The van der Waals surface area contributed by atoms with Gasteiger partial charge in [-0.1, -0.05) is 0 Å². The first-order valence-corrected chi connectivity index (χ1v) is 28.8. The van der Waals surface area contributed by atoms with Crippen LogP contribution in [0.4, 0.5) is 43.2 Å². The van der Waals surface area contributed by atoms with Crippen molar-refractivity contribution in [3.63, 3.8) is 0 Å².